The van der Waals surface area contributed by atoms with Gasteiger partial charge in [0, 0.05) is 5.02 Å². The molecule has 0 bridgehead atoms. The second-order valence-electron chi connectivity index (χ2n) is 4.26. The molecule has 1 heterocycles. The highest BCUT2D eigenvalue weighted by molar-refractivity contribution is 7.89. The van der Waals surface area contributed by atoms with Crippen molar-refractivity contribution in [2.45, 2.75) is 18.7 Å². The van der Waals surface area contributed by atoms with Gasteiger partial charge in [0.05, 0.1) is 20.2 Å². The van der Waals surface area contributed by atoms with E-state index in [0.717, 1.165) is 5.56 Å². The molecule has 0 saturated carbocycles. The van der Waals surface area contributed by atoms with Crippen LogP contribution in [0.2, 0.25) is 5.02 Å². The predicted molar refractivity (Wildman–Crippen MR) is 74.6 cm³/mol. The van der Waals surface area contributed by atoms with E-state index >= 15 is 0 Å². The van der Waals surface area contributed by atoms with Gasteiger partial charge in [0.15, 0.2) is 0 Å². The standard InChI is InChI=1S/C12H15ClN2O3S/c1-8-6-11(18-3)12(7-10(8)13)19(16,17)15-5-4-14-9(15)2/h6-7H,4-5H2,1-3H3. The van der Waals surface area contributed by atoms with Crippen LogP contribution < -0.4 is 4.74 Å². The summed E-state index contributed by atoms with van der Waals surface area (Å²) in [6, 6.07) is 3.05. The summed E-state index contributed by atoms with van der Waals surface area (Å²) in [5, 5.41) is 0.396. The lowest BCUT2D eigenvalue weighted by Gasteiger charge is -2.20. The molecule has 1 aliphatic rings. The summed E-state index contributed by atoms with van der Waals surface area (Å²) in [7, 11) is -2.24. The van der Waals surface area contributed by atoms with E-state index in [0.29, 0.717) is 29.7 Å². The second-order valence-corrected chi connectivity index (χ2v) is 6.50. The highest BCUT2D eigenvalue weighted by Crippen LogP contribution is 2.32. The Hall–Kier alpha value is -1.27. The van der Waals surface area contributed by atoms with E-state index in [4.69, 9.17) is 16.3 Å². The first-order valence-electron chi connectivity index (χ1n) is 5.76. The van der Waals surface area contributed by atoms with Gasteiger partial charge in [0.25, 0.3) is 10.0 Å². The number of methoxy groups -OCH3 is 1. The predicted octanol–water partition coefficient (Wildman–Crippen LogP) is 2.08. The Morgan fingerprint density at radius 1 is 1.37 bits per heavy atom. The third kappa shape index (κ3) is 2.42. The molecule has 0 amide bonds. The quantitative estimate of drug-likeness (QED) is 0.859. The summed E-state index contributed by atoms with van der Waals surface area (Å²) < 4.78 is 31.6. The second kappa shape index (κ2) is 5.02. The van der Waals surface area contributed by atoms with Crippen molar-refractivity contribution in [1.29, 1.82) is 0 Å². The van der Waals surface area contributed by atoms with Crippen LogP contribution in [0.15, 0.2) is 22.0 Å². The highest BCUT2D eigenvalue weighted by Gasteiger charge is 2.31. The Morgan fingerprint density at radius 2 is 2.05 bits per heavy atom. The number of ether oxygens (including phenoxy) is 1. The Balaban J connectivity index is 2.58. The zero-order valence-corrected chi connectivity index (χ0v) is 12.5. The summed E-state index contributed by atoms with van der Waals surface area (Å²) >= 11 is 6.02. The molecular formula is C12H15ClN2O3S. The lowest BCUT2D eigenvalue weighted by molar-refractivity contribution is 0.400. The van der Waals surface area contributed by atoms with Crippen molar-refractivity contribution in [2.75, 3.05) is 20.2 Å². The Kier molecular flexibility index (Phi) is 3.73. The Morgan fingerprint density at radius 3 is 2.58 bits per heavy atom. The van der Waals surface area contributed by atoms with Gasteiger partial charge in [-0.3, -0.25) is 9.30 Å². The topological polar surface area (TPSA) is 59.0 Å². The van der Waals surface area contributed by atoms with Crippen LogP contribution in [0.3, 0.4) is 0 Å². The van der Waals surface area contributed by atoms with Gasteiger partial charge in [-0.25, -0.2) is 8.42 Å². The molecule has 5 nitrogen and oxygen atoms in total. The van der Waals surface area contributed by atoms with Crippen molar-refractivity contribution in [3.05, 3.63) is 22.7 Å². The molecule has 0 fully saturated rings. The van der Waals surface area contributed by atoms with Gasteiger partial charge in [0.2, 0.25) is 0 Å². The van der Waals surface area contributed by atoms with E-state index in [-0.39, 0.29) is 4.90 Å². The lowest BCUT2D eigenvalue weighted by atomic mass is 10.2. The van der Waals surface area contributed by atoms with Crippen LogP contribution in [-0.2, 0) is 10.0 Å². The molecule has 19 heavy (non-hydrogen) atoms. The maximum atomic E-state index is 12.6. The van der Waals surface area contributed by atoms with Crippen LogP contribution in [0.4, 0.5) is 0 Å². The van der Waals surface area contributed by atoms with Crippen LogP contribution >= 0.6 is 11.6 Å². The van der Waals surface area contributed by atoms with Crippen LogP contribution in [0.1, 0.15) is 12.5 Å². The number of sulfonamides is 1. The average Bonchev–Trinajstić information content (AvgIpc) is 2.79. The fourth-order valence-corrected chi connectivity index (χ4v) is 3.81. The maximum Gasteiger partial charge on any atom is 0.269 e. The third-order valence-corrected chi connectivity index (χ3v) is 5.33. The molecule has 0 unspecified atom stereocenters. The number of amidine groups is 1. The fraction of sp³-hybridized carbons (Fsp3) is 0.417. The molecule has 0 atom stereocenters. The first-order valence-corrected chi connectivity index (χ1v) is 7.57. The van der Waals surface area contributed by atoms with Crippen LogP contribution in [-0.4, -0.2) is 38.8 Å². The monoisotopic (exact) mass is 302 g/mol. The largest absolute Gasteiger partial charge is 0.495 e. The number of aryl methyl sites for hydroxylation is 1. The van der Waals surface area contributed by atoms with E-state index in [9.17, 15) is 8.42 Å². The van der Waals surface area contributed by atoms with Crippen LogP contribution in [0.25, 0.3) is 0 Å². The normalized spacial score (nSPS) is 15.6. The lowest BCUT2D eigenvalue weighted by Crippen LogP contribution is -2.33. The summed E-state index contributed by atoms with van der Waals surface area (Å²) in [4.78, 5) is 4.17. The molecular weight excluding hydrogens is 288 g/mol. The number of hydrogen-bond donors (Lipinski definition) is 0. The van der Waals surface area contributed by atoms with Crippen molar-refractivity contribution in [1.82, 2.24) is 4.31 Å². The minimum Gasteiger partial charge on any atom is -0.495 e. The molecule has 0 spiro atoms. The van der Waals surface area contributed by atoms with E-state index in [1.807, 2.05) is 0 Å². The van der Waals surface area contributed by atoms with Crippen LogP contribution in [0, 0.1) is 6.92 Å². The zero-order chi connectivity index (χ0) is 14.2. The minimum atomic E-state index is -3.68. The molecule has 0 saturated heterocycles. The van der Waals surface area contributed by atoms with Gasteiger partial charge in [-0.2, -0.15) is 0 Å². The number of rotatable bonds is 3. The van der Waals surface area contributed by atoms with Crippen molar-refractivity contribution < 1.29 is 13.2 Å². The SMILES string of the molecule is COc1cc(C)c(Cl)cc1S(=O)(=O)N1CCN=C1C. The van der Waals surface area contributed by atoms with Gasteiger partial charge >= 0.3 is 0 Å². The first-order chi connectivity index (χ1) is 8.87. The summed E-state index contributed by atoms with van der Waals surface area (Å²) in [5.74, 6) is 0.778. The Bertz CT molecular complexity index is 641. The molecule has 7 heteroatoms. The van der Waals surface area contributed by atoms with Crippen molar-refractivity contribution >= 4 is 27.5 Å². The van der Waals surface area contributed by atoms with E-state index in [1.54, 1.807) is 19.9 Å². The zero-order valence-electron chi connectivity index (χ0n) is 11.0. The molecule has 1 aliphatic heterocycles. The van der Waals surface area contributed by atoms with Crippen molar-refractivity contribution in [3.63, 3.8) is 0 Å². The van der Waals surface area contributed by atoms with E-state index in [2.05, 4.69) is 4.99 Å². The molecule has 0 aliphatic carbocycles. The number of halogens is 1. The number of nitrogens with zero attached hydrogens (tertiary/aromatic N) is 2. The van der Waals surface area contributed by atoms with E-state index < -0.39 is 10.0 Å². The first kappa shape index (κ1) is 14.1. The van der Waals surface area contributed by atoms with Gasteiger partial charge in [0.1, 0.15) is 16.5 Å². The maximum absolute atomic E-state index is 12.6. The Labute approximate surface area is 117 Å². The third-order valence-electron chi connectivity index (χ3n) is 3.02. The van der Waals surface area contributed by atoms with Crippen LogP contribution in [0.5, 0.6) is 5.75 Å². The number of benzene rings is 1. The van der Waals surface area contributed by atoms with E-state index in [1.165, 1.54) is 17.5 Å². The smallest absolute Gasteiger partial charge is 0.269 e. The minimum absolute atomic E-state index is 0.0713. The molecule has 0 radical (unpaired) electrons. The summed E-state index contributed by atoms with van der Waals surface area (Å²) in [6.45, 7) is 4.30. The molecule has 1 aromatic rings. The average molecular weight is 303 g/mol. The van der Waals surface area contributed by atoms with Gasteiger partial charge < -0.3 is 4.74 Å². The number of hydrogen-bond acceptors (Lipinski definition) is 4. The molecule has 0 aromatic heterocycles. The van der Waals surface area contributed by atoms with Gasteiger partial charge in [-0.1, -0.05) is 11.6 Å². The summed E-state index contributed by atoms with van der Waals surface area (Å²) in [6.07, 6.45) is 0. The summed E-state index contributed by atoms with van der Waals surface area (Å²) in [5.41, 5.74) is 0.768. The molecule has 1 aromatic carbocycles. The molecule has 2 rings (SSSR count). The highest BCUT2D eigenvalue weighted by atomic mass is 35.5. The molecule has 104 valence electrons. The molecule has 0 N–H and O–H groups in total. The van der Waals surface area contributed by atoms with Crippen molar-refractivity contribution in [3.8, 4) is 5.75 Å². The van der Waals surface area contributed by atoms with Gasteiger partial charge in [-0.15, -0.1) is 0 Å². The fourth-order valence-electron chi connectivity index (χ4n) is 1.95. The number of aliphatic imine (C=N–C) groups is 1. The van der Waals surface area contributed by atoms with Crippen molar-refractivity contribution in [2.24, 2.45) is 4.99 Å². The van der Waals surface area contributed by atoms with Gasteiger partial charge in [-0.05, 0) is 31.5 Å².